The quantitative estimate of drug-likeness (QED) is 0.118. The van der Waals surface area contributed by atoms with Gasteiger partial charge in [-0.1, -0.05) is 85.3 Å². The number of nitrogens with zero attached hydrogens (tertiary/aromatic N) is 2. The van der Waals surface area contributed by atoms with Crippen LogP contribution < -0.4 is 0 Å². The predicted molar refractivity (Wildman–Crippen MR) is 140 cm³/mol. The zero-order valence-electron chi connectivity index (χ0n) is 19.5. The molecule has 3 rings (SSSR count). The zero-order valence-corrected chi connectivity index (χ0v) is 19.5. The first-order valence-electron chi connectivity index (χ1n) is 11.7. The number of hydrogen-bond donors (Lipinski definition) is 0. The summed E-state index contributed by atoms with van der Waals surface area (Å²) in [6, 6.07) is 24.8. The van der Waals surface area contributed by atoms with Crippen molar-refractivity contribution in [3.63, 3.8) is 0 Å². The number of rotatable bonds is 12. The van der Waals surface area contributed by atoms with Gasteiger partial charge in [-0.25, -0.2) is 4.39 Å². The van der Waals surface area contributed by atoms with Crippen molar-refractivity contribution < 1.29 is 4.39 Å². The smallest absolute Gasteiger partial charge is 0.101 e. The number of unbranched alkanes of at least 4 members (excludes halogenated alkanes) is 3. The SMILES string of the molecule is C=CCCCCCc1ccc(/C=N/N=C/c2ccc(-c3ccc(CC(C)F)cc3)cc2)cc1. The maximum atomic E-state index is 13.1. The van der Waals surface area contributed by atoms with Crippen LogP contribution in [0.4, 0.5) is 4.39 Å². The number of benzene rings is 3. The molecular formula is C30H33FN2. The molecule has 3 aromatic carbocycles. The molecule has 3 aromatic rings. The highest BCUT2D eigenvalue weighted by atomic mass is 19.1. The van der Waals surface area contributed by atoms with Crippen molar-refractivity contribution in [2.24, 2.45) is 10.2 Å². The average molecular weight is 441 g/mol. The van der Waals surface area contributed by atoms with E-state index in [9.17, 15) is 4.39 Å². The van der Waals surface area contributed by atoms with E-state index in [2.05, 4.69) is 53.2 Å². The van der Waals surface area contributed by atoms with Crippen molar-refractivity contribution in [2.45, 2.75) is 51.6 Å². The molecule has 0 aliphatic carbocycles. The van der Waals surface area contributed by atoms with E-state index in [4.69, 9.17) is 0 Å². The molecule has 0 saturated carbocycles. The van der Waals surface area contributed by atoms with Crippen LogP contribution in [0.15, 0.2) is 95.7 Å². The van der Waals surface area contributed by atoms with Crippen LogP contribution in [0, 0.1) is 0 Å². The fraction of sp³-hybridized carbons (Fsp3) is 0.267. The van der Waals surface area contributed by atoms with Gasteiger partial charge in [0.05, 0.1) is 12.4 Å². The second-order valence-corrected chi connectivity index (χ2v) is 8.42. The Bertz CT molecular complexity index is 1030. The third-order valence-electron chi connectivity index (χ3n) is 5.55. The molecular weight excluding hydrogens is 407 g/mol. The van der Waals surface area contributed by atoms with Gasteiger partial charge in [-0.05, 0) is 66.0 Å². The highest BCUT2D eigenvalue weighted by Gasteiger charge is 2.02. The molecule has 2 nitrogen and oxygen atoms in total. The minimum absolute atomic E-state index is 0.455. The summed E-state index contributed by atoms with van der Waals surface area (Å²) in [5.74, 6) is 0. The third kappa shape index (κ3) is 8.61. The van der Waals surface area contributed by atoms with E-state index in [-0.39, 0.29) is 0 Å². The number of allylic oxidation sites excluding steroid dienone is 1. The number of halogens is 1. The maximum Gasteiger partial charge on any atom is 0.101 e. The molecule has 0 bridgehead atoms. The number of aryl methyl sites for hydroxylation is 1. The third-order valence-corrected chi connectivity index (χ3v) is 5.55. The van der Waals surface area contributed by atoms with E-state index in [0.29, 0.717) is 6.42 Å². The Kier molecular flexibility index (Phi) is 9.78. The summed E-state index contributed by atoms with van der Waals surface area (Å²) in [7, 11) is 0. The lowest BCUT2D eigenvalue weighted by atomic mass is 10.0. The minimum Gasteiger partial charge on any atom is -0.247 e. The van der Waals surface area contributed by atoms with Gasteiger partial charge < -0.3 is 0 Å². The molecule has 0 spiro atoms. The predicted octanol–water partition coefficient (Wildman–Crippen LogP) is 8.00. The van der Waals surface area contributed by atoms with Gasteiger partial charge in [-0.3, -0.25) is 0 Å². The van der Waals surface area contributed by atoms with Crippen LogP contribution in [-0.2, 0) is 12.8 Å². The second kappa shape index (κ2) is 13.3. The molecule has 33 heavy (non-hydrogen) atoms. The summed E-state index contributed by atoms with van der Waals surface area (Å²) in [6.07, 6.45) is 11.1. The van der Waals surface area contributed by atoms with Gasteiger partial charge >= 0.3 is 0 Å². The van der Waals surface area contributed by atoms with Gasteiger partial charge in [0.25, 0.3) is 0 Å². The van der Waals surface area contributed by atoms with E-state index in [1.54, 1.807) is 19.4 Å². The van der Waals surface area contributed by atoms with Crippen LogP contribution in [0.3, 0.4) is 0 Å². The van der Waals surface area contributed by atoms with E-state index in [0.717, 1.165) is 40.7 Å². The first kappa shape index (κ1) is 24.3. The molecule has 0 saturated heterocycles. The monoisotopic (exact) mass is 440 g/mol. The Morgan fingerprint density at radius 1 is 0.727 bits per heavy atom. The first-order chi connectivity index (χ1) is 16.1. The van der Waals surface area contributed by atoms with Crippen LogP contribution >= 0.6 is 0 Å². The van der Waals surface area contributed by atoms with Gasteiger partial charge in [0.1, 0.15) is 6.17 Å². The van der Waals surface area contributed by atoms with Crippen LogP contribution in [-0.4, -0.2) is 18.6 Å². The summed E-state index contributed by atoms with van der Waals surface area (Å²) in [4.78, 5) is 0. The lowest BCUT2D eigenvalue weighted by Gasteiger charge is -2.05. The topological polar surface area (TPSA) is 24.7 Å². The lowest BCUT2D eigenvalue weighted by molar-refractivity contribution is 0.360. The molecule has 1 atom stereocenters. The summed E-state index contributed by atoms with van der Waals surface area (Å²) >= 11 is 0. The maximum absolute atomic E-state index is 13.1. The highest BCUT2D eigenvalue weighted by molar-refractivity contribution is 5.83. The van der Waals surface area contributed by atoms with E-state index >= 15 is 0 Å². The average Bonchev–Trinajstić information content (AvgIpc) is 2.83. The Morgan fingerprint density at radius 3 is 1.79 bits per heavy atom. The van der Waals surface area contributed by atoms with Crippen LogP contribution in [0.5, 0.6) is 0 Å². The van der Waals surface area contributed by atoms with E-state index in [1.807, 2.05) is 42.5 Å². The molecule has 3 heteroatoms. The molecule has 1 unspecified atom stereocenters. The Labute approximate surface area is 197 Å². The van der Waals surface area contributed by atoms with Crippen molar-refractivity contribution in [1.82, 2.24) is 0 Å². The Hall–Kier alpha value is -3.33. The molecule has 0 aliphatic rings. The molecule has 0 heterocycles. The summed E-state index contributed by atoms with van der Waals surface area (Å²) in [5, 5.41) is 8.36. The number of alkyl halides is 1. The van der Waals surface area contributed by atoms with Crippen molar-refractivity contribution >= 4 is 12.4 Å². The molecule has 0 aliphatic heterocycles. The largest absolute Gasteiger partial charge is 0.247 e. The minimum atomic E-state index is -0.820. The number of hydrogen-bond acceptors (Lipinski definition) is 2. The van der Waals surface area contributed by atoms with Crippen molar-refractivity contribution in [3.05, 3.63) is 108 Å². The highest BCUT2D eigenvalue weighted by Crippen LogP contribution is 2.21. The normalized spacial score (nSPS) is 12.4. The Morgan fingerprint density at radius 2 is 1.24 bits per heavy atom. The van der Waals surface area contributed by atoms with Crippen molar-refractivity contribution in [2.75, 3.05) is 0 Å². The molecule has 0 N–H and O–H groups in total. The summed E-state index contributed by atoms with van der Waals surface area (Å²) in [5.41, 5.74) is 6.66. The van der Waals surface area contributed by atoms with Gasteiger partial charge in [-0.2, -0.15) is 10.2 Å². The van der Waals surface area contributed by atoms with Gasteiger partial charge in [0, 0.05) is 6.42 Å². The fourth-order valence-electron chi connectivity index (χ4n) is 3.68. The van der Waals surface area contributed by atoms with E-state index < -0.39 is 6.17 Å². The summed E-state index contributed by atoms with van der Waals surface area (Å²) in [6.45, 7) is 5.35. The summed E-state index contributed by atoms with van der Waals surface area (Å²) < 4.78 is 13.1. The van der Waals surface area contributed by atoms with Gasteiger partial charge in [-0.15, -0.1) is 6.58 Å². The Balaban J connectivity index is 1.48. The standard InChI is InChI=1S/C30H33FN2/c1-3-4-5-6-7-8-25-9-11-27(12-10-25)22-32-33-23-28-15-19-30(20-16-28)29-17-13-26(14-18-29)21-24(2)31/h3,9-20,22-24H,1,4-8,21H2,2H3/b32-22+,33-23+. The van der Waals surface area contributed by atoms with Crippen LogP contribution in [0.2, 0.25) is 0 Å². The lowest BCUT2D eigenvalue weighted by Crippen LogP contribution is -1.97. The molecule has 170 valence electrons. The van der Waals surface area contributed by atoms with Gasteiger partial charge in [0.2, 0.25) is 0 Å². The second-order valence-electron chi connectivity index (χ2n) is 8.42. The molecule has 0 amide bonds. The van der Waals surface area contributed by atoms with E-state index in [1.165, 1.54) is 24.8 Å². The fourth-order valence-corrected chi connectivity index (χ4v) is 3.68. The van der Waals surface area contributed by atoms with Crippen LogP contribution in [0.1, 0.15) is 54.9 Å². The molecule has 0 fully saturated rings. The van der Waals surface area contributed by atoms with Crippen LogP contribution in [0.25, 0.3) is 11.1 Å². The van der Waals surface area contributed by atoms with Crippen molar-refractivity contribution in [1.29, 1.82) is 0 Å². The van der Waals surface area contributed by atoms with Gasteiger partial charge in [0.15, 0.2) is 0 Å². The molecule has 0 radical (unpaired) electrons. The zero-order chi connectivity index (χ0) is 23.3. The first-order valence-corrected chi connectivity index (χ1v) is 11.7. The van der Waals surface area contributed by atoms with Crippen molar-refractivity contribution in [3.8, 4) is 11.1 Å². The molecule has 0 aromatic heterocycles.